The third-order valence-corrected chi connectivity index (χ3v) is 7.78. The molecule has 1 aliphatic heterocycles. The number of aromatic nitrogens is 2. The largest absolute Gasteiger partial charge is 0.491 e. The number of amides is 3. The van der Waals surface area contributed by atoms with Gasteiger partial charge in [-0.15, -0.1) is 0 Å². The average molecular weight is 638 g/mol. The highest BCUT2D eigenvalue weighted by Gasteiger charge is 2.46. The molecule has 4 atom stereocenters. The normalized spacial score (nSPS) is 17.2. The molecule has 0 aliphatic carbocycles. The monoisotopic (exact) mass is 636 g/mol. The minimum absolute atomic E-state index is 0.0868. The fourth-order valence-corrected chi connectivity index (χ4v) is 5.41. The van der Waals surface area contributed by atoms with E-state index in [9.17, 15) is 19.1 Å². The van der Waals surface area contributed by atoms with Gasteiger partial charge in [-0.1, -0.05) is 65.3 Å². The number of rotatable bonds is 10. The van der Waals surface area contributed by atoms with E-state index in [2.05, 4.69) is 26.2 Å². The minimum atomic E-state index is -1.01. The fraction of sp³-hybridized carbons (Fsp3) is 0.258. The van der Waals surface area contributed by atoms with Gasteiger partial charge in [0, 0.05) is 21.6 Å². The zero-order chi connectivity index (χ0) is 30.0. The molecule has 1 aliphatic rings. The van der Waals surface area contributed by atoms with Crippen LogP contribution in [0.2, 0.25) is 0 Å². The maximum absolute atomic E-state index is 14.9. The van der Waals surface area contributed by atoms with E-state index in [-0.39, 0.29) is 12.5 Å². The highest BCUT2D eigenvalue weighted by molar-refractivity contribution is 9.10. The molecule has 1 fully saturated rings. The second-order valence-corrected chi connectivity index (χ2v) is 11.1. The molecule has 0 spiro atoms. The molecule has 1 unspecified atom stereocenters. The number of nitrogens with zero attached hydrogens (tertiary/aromatic N) is 2. The molecule has 42 heavy (non-hydrogen) atoms. The number of hydrogen-bond acceptors (Lipinski definition) is 6. The Hall–Kier alpha value is -4.06. The quantitative estimate of drug-likeness (QED) is 0.178. The number of aliphatic hydroxyl groups excluding tert-OH is 2. The predicted molar refractivity (Wildman–Crippen MR) is 157 cm³/mol. The van der Waals surface area contributed by atoms with Crippen molar-refractivity contribution in [2.24, 2.45) is 0 Å². The highest BCUT2D eigenvalue weighted by atomic mass is 79.9. The van der Waals surface area contributed by atoms with Crippen LogP contribution in [-0.4, -0.2) is 56.3 Å². The van der Waals surface area contributed by atoms with Gasteiger partial charge >= 0.3 is 6.03 Å². The van der Waals surface area contributed by atoms with Crippen molar-refractivity contribution in [2.75, 3.05) is 13.2 Å². The van der Waals surface area contributed by atoms with Crippen LogP contribution in [0.3, 0.4) is 0 Å². The molecule has 11 heteroatoms. The molecule has 1 saturated heterocycles. The number of aromatic amines is 1. The Morgan fingerprint density at radius 3 is 2.48 bits per heavy atom. The van der Waals surface area contributed by atoms with Gasteiger partial charge in [-0.05, 0) is 48.4 Å². The summed E-state index contributed by atoms with van der Waals surface area (Å²) in [5, 5.41) is 21.3. The number of halogens is 2. The second kappa shape index (κ2) is 12.4. The van der Waals surface area contributed by atoms with Crippen LogP contribution in [0.4, 0.5) is 9.18 Å². The number of aliphatic hydroxyl groups is 2. The Bertz CT molecular complexity index is 1580. The lowest BCUT2D eigenvalue weighted by Gasteiger charge is -2.29. The van der Waals surface area contributed by atoms with E-state index in [0.29, 0.717) is 38.6 Å². The minimum Gasteiger partial charge on any atom is -0.491 e. The van der Waals surface area contributed by atoms with Crippen LogP contribution in [0.5, 0.6) is 5.75 Å². The fourth-order valence-electron chi connectivity index (χ4n) is 5.07. The van der Waals surface area contributed by atoms with E-state index in [1.165, 1.54) is 11.0 Å². The Morgan fingerprint density at radius 1 is 1.10 bits per heavy atom. The number of urea groups is 1. The maximum Gasteiger partial charge on any atom is 0.325 e. The molecular weight excluding hydrogens is 607 g/mol. The summed E-state index contributed by atoms with van der Waals surface area (Å²) in [5.41, 5.74) is 2.73. The van der Waals surface area contributed by atoms with E-state index in [0.717, 1.165) is 5.56 Å². The van der Waals surface area contributed by atoms with Crippen LogP contribution in [0, 0.1) is 12.7 Å². The topological polar surface area (TPSA) is 128 Å². The number of H-pyrrole nitrogens is 1. The van der Waals surface area contributed by atoms with Gasteiger partial charge in [-0.25, -0.2) is 14.2 Å². The van der Waals surface area contributed by atoms with Crippen molar-refractivity contribution in [1.82, 2.24) is 20.2 Å². The number of imidazole rings is 1. The Balaban J connectivity index is 1.49. The SMILES string of the molecule is Cc1[nH]c(C([C@@H](C)c2ccccc2)N2C(=O)N[C@H](c3ccc(OC[C@H](O)CO)cc3)C2=O)nc1-c1ccc(Br)cc1F. The molecule has 1 aromatic heterocycles. The first-order valence-electron chi connectivity index (χ1n) is 13.4. The maximum atomic E-state index is 14.9. The summed E-state index contributed by atoms with van der Waals surface area (Å²) in [4.78, 5) is 36.5. The second-order valence-electron chi connectivity index (χ2n) is 10.2. The zero-order valence-corrected chi connectivity index (χ0v) is 24.5. The van der Waals surface area contributed by atoms with Crippen molar-refractivity contribution < 1.29 is 28.9 Å². The third kappa shape index (κ3) is 5.94. The summed E-state index contributed by atoms with van der Waals surface area (Å²) in [7, 11) is 0. The number of benzene rings is 3. The van der Waals surface area contributed by atoms with Crippen LogP contribution in [0.25, 0.3) is 11.3 Å². The van der Waals surface area contributed by atoms with Crippen LogP contribution in [0.15, 0.2) is 77.3 Å². The summed E-state index contributed by atoms with van der Waals surface area (Å²) < 4.78 is 21.0. The van der Waals surface area contributed by atoms with Gasteiger partial charge in [0.15, 0.2) is 0 Å². The summed E-state index contributed by atoms with van der Waals surface area (Å²) in [6.45, 7) is 3.18. The van der Waals surface area contributed by atoms with Gasteiger partial charge in [0.2, 0.25) is 0 Å². The molecular formula is C31H30BrFN4O5. The number of aryl methyl sites for hydroxylation is 1. The van der Waals surface area contributed by atoms with Gasteiger partial charge in [0.25, 0.3) is 5.91 Å². The molecule has 0 saturated carbocycles. The van der Waals surface area contributed by atoms with Crippen LogP contribution >= 0.6 is 15.9 Å². The standard InChI is InChI=1S/C31H30BrFN4O5/c1-17(19-6-4-3-5-7-19)28(29-34-18(2)26(35-29)24-13-10-21(32)14-25(24)33)37-30(40)27(36-31(37)41)20-8-11-23(12-9-20)42-16-22(39)15-38/h3-14,17,22,27-28,38-39H,15-16H2,1-2H3,(H,34,35)(H,36,41)/t17-,22+,27+,28?/m0/s1. The van der Waals surface area contributed by atoms with Gasteiger partial charge in [-0.2, -0.15) is 0 Å². The number of nitrogens with one attached hydrogen (secondary N) is 2. The number of carbonyl (C=O) groups excluding carboxylic acids is 2. The summed E-state index contributed by atoms with van der Waals surface area (Å²) >= 11 is 3.28. The van der Waals surface area contributed by atoms with Crippen LogP contribution < -0.4 is 10.1 Å². The van der Waals surface area contributed by atoms with Crippen molar-refractivity contribution >= 4 is 27.9 Å². The van der Waals surface area contributed by atoms with Gasteiger partial charge in [0.05, 0.1) is 12.3 Å². The van der Waals surface area contributed by atoms with Crippen LogP contribution in [0.1, 0.15) is 47.6 Å². The molecule has 5 rings (SSSR count). The highest BCUT2D eigenvalue weighted by Crippen LogP contribution is 2.40. The molecule has 4 aromatic rings. The Morgan fingerprint density at radius 2 is 1.81 bits per heavy atom. The number of imide groups is 1. The van der Waals surface area contributed by atoms with E-state index in [4.69, 9.17) is 14.8 Å². The summed E-state index contributed by atoms with van der Waals surface area (Å²) in [6, 6.07) is 18.5. The van der Waals surface area contributed by atoms with Crippen molar-refractivity contribution in [1.29, 1.82) is 0 Å². The lowest BCUT2D eigenvalue weighted by Crippen LogP contribution is -2.38. The number of carbonyl (C=O) groups is 2. The molecule has 0 radical (unpaired) electrons. The lowest BCUT2D eigenvalue weighted by atomic mass is 9.91. The van der Waals surface area contributed by atoms with E-state index in [1.54, 1.807) is 43.3 Å². The molecule has 9 nitrogen and oxygen atoms in total. The third-order valence-electron chi connectivity index (χ3n) is 7.28. The van der Waals surface area contributed by atoms with E-state index in [1.807, 2.05) is 37.3 Å². The molecule has 218 valence electrons. The number of hydrogen-bond donors (Lipinski definition) is 4. The summed E-state index contributed by atoms with van der Waals surface area (Å²) in [6.07, 6.45) is -1.01. The van der Waals surface area contributed by atoms with Gasteiger partial charge in [-0.3, -0.25) is 9.69 Å². The molecule has 3 aromatic carbocycles. The first-order valence-corrected chi connectivity index (χ1v) is 14.2. The van der Waals surface area contributed by atoms with Crippen LogP contribution in [-0.2, 0) is 4.79 Å². The average Bonchev–Trinajstić information content (AvgIpc) is 3.51. The van der Waals surface area contributed by atoms with E-state index >= 15 is 0 Å². The first-order chi connectivity index (χ1) is 20.2. The lowest BCUT2D eigenvalue weighted by molar-refractivity contribution is -0.129. The van der Waals surface area contributed by atoms with Crippen molar-refractivity contribution in [2.45, 2.75) is 38.0 Å². The molecule has 3 amide bonds. The number of ether oxygens (including phenoxy) is 1. The Labute approximate surface area is 250 Å². The summed E-state index contributed by atoms with van der Waals surface area (Å²) in [5.74, 6) is -0.471. The molecule has 0 bridgehead atoms. The predicted octanol–water partition coefficient (Wildman–Crippen LogP) is 5.16. The van der Waals surface area contributed by atoms with Gasteiger partial charge in [0.1, 0.15) is 42.2 Å². The van der Waals surface area contributed by atoms with Crippen molar-refractivity contribution in [3.8, 4) is 17.0 Å². The van der Waals surface area contributed by atoms with E-state index < -0.39 is 42.6 Å². The first kappa shape index (κ1) is 29.4. The molecule has 2 heterocycles. The molecule has 4 N–H and O–H groups in total. The van der Waals surface area contributed by atoms with Crippen molar-refractivity contribution in [3.05, 3.63) is 106 Å². The Kier molecular flexibility index (Phi) is 8.72. The smallest absolute Gasteiger partial charge is 0.325 e. The zero-order valence-electron chi connectivity index (χ0n) is 22.9. The van der Waals surface area contributed by atoms with Crippen molar-refractivity contribution in [3.63, 3.8) is 0 Å². The van der Waals surface area contributed by atoms with Gasteiger partial charge < -0.3 is 25.3 Å².